The average Bonchev–Trinajstić information content (AvgIpc) is 2.53. The number of phenolic OH excluding ortho intramolecular Hbond substituents is 2. The Morgan fingerprint density at radius 1 is 0.696 bits per heavy atom. The Hall–Kier alpha value is -2.10. The monoisotopic (exact) mass is 359 g/mol. The van der Waals surface area contributed by atoms with Gasteiger partial charge >= 0.3 is 0 Å². The predicted molar refractivity (Wildman–Crippen MR) is 90.4 cm³/mol. The quantitative estimate of drug-likeness (QED) is 0.452. The van der Waals surface area contributed by atoms with E-state index in [-0.39, 0.29) is 28.6 Å². The molecule has 0 atom stereocenters. The first-order valence-electron chi connectivity index (χ1n) is 7.33. The molecule has 0 aliphatic rings. The van der Waals surface area contributed by atoms with Gasteiger partial charge in [0.15, 0.2) is 0 Å². The summed E-state index contributed by atoms with van der Waals surface area (Å²) in [4.78, 5) is 8.59. The SMILES string of the molecule is Oc1ccccc1C=NCCCCN=Cc1ccccc1O.[Cu]. The molecule has 4 nitrogen and oxygen atoms in total. The second-order valence-electron chi connectivity index (χ2n) is 4.90. The molecule has 5 heteroatoms. The molecule has 0 aliphatic heterocycles. The smallest absolute Gasteiger partial charge is 0.124 e. The van der Waals surface area contributed by atoms with E-state index in [0.717, 1.165) is 24.0 Å². The van der Waals surface area contributed by atoms with E-state index in [9.17, 15) is 10.2 Å². The van der Waals surface area contributed by atoms with Crippen LogP contribution in [0.4, 0.5) is 0 Å². The largest absolute Gasteiger partial charge is 0.507 e. The van der Waals surface area contributed by atoms with E-state index < -0.39 is 0 Å². The standard InChI is InChI=1S/C18H20N2O2.Cu/c21-17-9-3-1-7-15(17)13-19-11-5-6-12-20-14-16-8-2-4-10-18(16)22;/h1-4,7-10,13-14,21-22H,5-6,11-12H2;. The minimum Gasteiger partial charge on any atom is -0.507 e. The Bertz CT molecular complexity index is 599. The van der Waals surface area contributed by atoms with Crippen molar-refractivity contribution in [2.45, 2.75) is 12.8 Å². The van der Waals surface area contributed by atoms with Gasteiger partial charge in [0.1, 0.15) is 11.5 Å². The molecule has 0 fully saturated rings. The number of para-hydroxylation sites is 2. The topological polar surface area (TPSA) is 65.2 Å². The third kappa shape index (κ3) is 6.68. The number of aliphatic imine (C=N–C) groups is 2. The second-order valence-corrected chi connectivity index (χ2v) is 4.90. The van der Waals surface area contributed by atoms with Crippen molar-refractivity contribution in [3.8, 4) is 11.5 Å². The fourth-order valence-electron chi connectivity index (χ4n) is 1.93. The molecule has 125 valence electrons. The van der Waals surface area contributed by atoms with Crippen molar-refractivity contribution >= 4 is 12.4 Å². The number of nitrogens with zero attached hydrogens (tertiary/aromatic N) is 2. The van der Waals surface area contributed by atoms with Gasteiger partial charge in [0.2, 0.25) is 0 Å². The van der Waals surface area contributed by atoms with E-state index in [1.807, 2.05) is 24.3 Å². The van der Waals surface area contributed by atoms with Gasteiger partial charge in [0.25, 0.3) is 0 Å². The number of benzene rings is 2. The molecule has 0 amide bonds. The minimum absolute atomic E-state index is 0. The summed E-state index contributed by atoms with van der Waals surface area (Å²) in [6.45, 7) is 1.42. The molecular weight excluding hydrogens is 340 g/mol. The van der Waals surface area contributed by atoms with Crippen LogP contribution in [0.5, 0.6) is 11.5 Å². The maximum atomic E-state index is 9.58. The predicted octanol–water partition coefficient (Wildman–Crippen LogP) is 3.41. The Kier molecular flexibility index (Phi) is 8.73. The number of hydrogen-bond acceptors (Lipinski definition) is 4. The zero-order valence-corrected chi connectivity index (χ0v) is 13.6. The molecule has 0 unspecified atom stereocenters. The van der Waals surface area contributed by atoms with Crippen molar-refractivity contribution in [3.05, 3.63) is 59.7 Å². The summed E-state index contributed by atoms with van der Waals surface area (Å²) in [6.07, 6.45) is 5.26. The van der Waals surface area contributed by atoms with Gasteiger partial charge in [-0.2, -0.15) is 0 Å². The van der Waals surface area contributed by atoms with Crippen molar-refractivity contribution in [1.82, 2.24) is 0 Å². The van der Waals surface area contributed by atoms with Crippen LogP contribution in [0.25, 0.3) is 0 Å². The third-order valence-electron chi connectivity index (χ3n) is 3.16. The van der Waals surface area contributed by atoms with Gasteiger partial charge in [0, 0.05) is 53.7 Å². The summed E-state index contributed by atoms with van der Waals surface area (Å²) in [5.41, 5.74) is 1.47. The van der Waals surface area contributed by atoms with Crippen LogP contribution in [0, 0.1) is 0 Å². The molecule has 0 spiro atoms. The van der Waals surface area contributed by atoms with E-state index >= 15 is 0 Å². The van der Waals surface area contributed by atoms with Crippen molar-refractivity contribution in [1.29, 1.82) is 0 Å². The first kappa shape index (κ1) is 18.9. The second kappa shape index (κ2) is 10.6. The van der Waals surface area contributed by atoms with Crippen LogP contribution in [0.15, 0.2) is 58.5 Å². The van der Waals surface area contributed by atoms with Gasteiger partial charge in [-0.15, -0.1) is 0 Å². The first-order chi connectivity index (χ1) is 10.8. The Morgan fingerprint density at radius 2 is 1.09 bits per heavy atom. The van der Waals surface area contributed by atoms with E-state index in [2.05, 4.69) is 9.98 Å². The molecule has 0 bridgehead atoms. The van der Waals surface area contributed by atoms with E-state index in [4.69, 9.17) is 0 Å². The van der Waals surface area contributed by atoms with E-state index in [1.165, 1.54) is 0 Å². The van der Waals surface area contributed by atoms with Crippen LogP contribution in [-0.2, 0) is 17.1 Å². The Balaban J connectivity index is 0.00000264. The number of rotatable bonds is 7. The number of aromatic hydroxyl groups is 2. The van der Waals surface area contributed by atoms with Crippen LogP contribution in [0.3, 0.4) is 0 Å². The van der Waals surface area contributed by atoms with Gasteiger partial charge in [-0.05, 0) is 37.1 Å². The average molecular weight is 360 g/mol. The fraction of sp³-hybridized carbons (Fsp3) is 0.222. The summed E-state index contributed by atoms with van der Waals surface area (Å²) in [6, 6.07) is 14.3. The van der Waals surface area contributed by atoms with E-state index in [0.29, 0.717) is 13.1 Å². The molecule has 2 aromatic rings. The molecule has 2 N–H and O–H groups in total. The molecule has 0 aliphatic carbocycles. The first-order valence-corrected chi connectivity index (χ1v) is 7.33. The van der Waals surface area contributed by atoms with Gasteiger partial charge in [-0.25, -0.2) is 0 Å². The molecule has 0 saturated carbocycles. The number of phenols is 2. The Labute approximate surface area is 147 Å². The molecular formula is C18H20CuN2O2. The van der Waals surface area contributed by atoms with Gasteiger partial charge in [0.05, 0.1) is 0 Å². The van der Waals surface area contributed by atoms with Crippen molar-refractivity contribution in [3.63, 3.8) is 0 Å². The maximum Gasteiger partial charge on any atom is 0.124 e. The van der Waals surface area contributed by atoms with Gasteiger partial charge in [-0.1, -0.05) is 24.3 Å². The van der Waals surface area contributed by atoms with Crippen LogP contribution < -0.4 is 0 Å². The fourth-order valence-corrected chi connectivity index (χ4v) is 1.93. The molecule has 0 aromatic heterocycles. The molecule has 0 saturated heterocycles. The minimum atomic E-state index is 0. The summed E-state index contributed by atoms with van der Waals surface area (Å²) < 4.78 is 0. The van der Waals surface area contributed by atoms with E-state index in [1.54, 1.807) is 36.7 Å². The summed E-state index contributed by atoms with van der Waals surface area (Å²) in [7, 11) is 0. The zero-order chi connectivity index (χ0) is 15.6. The maximum absolute atomic E-state index is 9.58. The van der Waals surface area contributed by atoms with Gasteiger partial charge in [-0.3, -0.25) is 9.98 Å². The summed E-state index contributed by atoms with van der Waals surface area (Å²) >= 11 is 0. The van der Waals surface area contributed by atoms with Crippen molar-refractivity contribution in [2.24, 2.45) is 9.98 Å². The molecule has 23 heavy (non-hydrogen) atoms. The number of unbranched alkanes of at least 4 members (excludes halogenated alkanes) is 1. The van der Waals surface area contributed by atoms with Crippen molar-refractivity contribution in [2.75, 3.05) is 13.1 Å². The van der Waals surface area contributed by atoms with Crippen LogP contribution in [-0.4, -0.2) is 35.7 Å². The normalized spacial score (nSPS) is 11.0. The molecule has 0 heterocycles. The number of hydrogen-bond donors (Lipinski definition) is 2. The Morgan fingerprint density at radius 3 is 1.48 bits per heavy atom. The molecule has 2 aromatic carbocycles. The van der Waals surface area contributed by atoms with Crippen LogP contribution >= 0.6 is 0 Å². The third-order valence-corrected chi connectivity index (χ3v) is 3.16. The van der Waals surface area contributed by atoms with Gasteiger partial charge < -0.3 is 10.2 Å². The molecule has 2 rings (SSSR count). The van der Waals surface area contributed by atoms with Crippen LogP contribution in [0.2, 0.25) is 0 Å². The van der Waals surface area contributed by atoms with Crippen molar-refractivity contribution < 1.29 is 27.3 Å². The molecule has 1 radical (unpaired) electrons. The zero-order valence-electron chi connectivity index (χ0n) is 12.7. The summed E-state index contributed by atoms with van der Waals surface area (Å²) in [5, 5.41) is 19.2. The van der Waals surface area contributed by atoms with Crippen LogP contribution in [0.1, 0.15) is 24.0 Å². The summed E-state index contributed by atoms with van der Waals surface area (Å²) in [5.74, 6) is 0.497.